The molecule has 6 nitrogen and oxygen atoms in total. The number of hydrogen-bond donors (Lipinski definition) is 2. The zero-order valence-corrected chi connectivity index (χ0v) is 13.9. The Morgan fingerprint density at radius 2 is 2.14 bits per heavy atom. The summed E-state index contributed by atoms with van der Waals surface area (Å²) in [6, 6.07) is 3.84. The van der Waals surface area contributed by atoms with Crippen LogP contribution >= 0.6 is 11.3 Å². The maximum Gasteiger partial charge on any atom is 0.213 e. The average molecular weight is 319 g/mol. The van der Waals surface area contributed by atoms with Crippen molar-refractivity contribution in [2.75, 3.05) is 14.2 Å². The summed E-state index contributed by atoms with van der Waals surface area (Å²) in [6.45, 7) is 3.45. The Labute approximate surface area is 134 Å². The number of nitrogens with zero attached hydrogens (tertiary/aromatic N) is 3. The molecule has 2 N–H and O–H groups in total. The van der Waals surface area contributed by atoms with Gasteiger partial charge in [-0.05, 0) is 18.1 Å². The van der Waals surface area contributed by atoms with E-state index in [1.807, 2.05) is 18.3 Å². The van der Waals surface area contributed by atoms with Gasteiger partial charge in [0.05, 0.1) is 13.7 Å². The van der Waals surface area contributed by atoms with Gasteiger partial charge in [0.1, 0.15) is 5.01 Å². The lowest BCUT2D eigenvalue weighted by Crippen LogP contribution is -2.36. The van der Waals surface area contributed by atoms with Crippen LogP contribution < -0.4 is 15.4 Å². The van der Waals surface area contributed by atoms with Gasteiger partial charge in [-0.25, -0.2) is 9.97 Å². The van der Waals surface area contributed by atoms with Gasteiger partial charge in [0, 0.05) is 36.9 Å². The van der Waals surface area contributed by atoms with Gasteiger partial charge in [-0.1, -0.05) is 6.92 Å². The van der Waals surface area contributed by atoms with Gasteiger partial charge in [0.25, 0.3) is 0 Å². The highest BCUT2D eigenvalue weighted by molar-refractivity contribution is 7.11. The van der Waals surface area contributed by atoms with Crippen LogP contribution in [0.5, 0.6) is 5.88 Å². The van der Waals surface area contributed by atoms with Gasteiger partial charge >= 0.3 is 0 Å². The molecule has 0 aromatic carbocycles. The van der Waals surface area contributed by atoms with E-state index in [-0.39, 0.29) is 0 Å². The molecule has 0 radical (unpaired) electrons. The van der Waals surface area contributed by atoms with E-state index in [2.05, 4.69) is 32.5 Å². The van der Waals surface area contributed by atoms with Crippen LogP contribution in [0.2, 0.25) is 0 Å². The summed E-state index contributed by atoms with van der Waals surface area (Å²) in [5.74, 6) is 1.35. The molecule has 7 heteroatoms. The largest absolute Gasteiger partial charge is 0.481 e. The van der Waals surface area contributed by atoms with Crippen LogP contribution in [0.3, 0.4) is 0 Å². The Kier molecular flexibility index (Phi) is 6.14. The highest BCUT2D eigenvalue weighted by atomic mass is 32.1. The minimum Gasteiger partial charge on any atom is -0.481 e. The highest BCUT2D eigenvalue weighted by Crippen LogP contribution is 2.12. The maximum absolute atomic E-state index is 5.11. The highest BCUT2D eigenvalue weighted by Gasteiger charge is 2.03. The number of nitrogens with one attached hydrogen (secondary N) is 2. The standard InChI is InChI=1S/C15H21N5OS/c1-4-12-9-18-14(22-12)10-20-15(16-2)19-8-11-5-6-17-13(7-11)21-3/h5-7,9H,4,8,10H2,1-3H3,(H2,16,19,20). The van der Waals surface area contributed by atoms with Gasteiger partial charge in [-0.3, -0.25) is 4.99 Å². The Bertz CT molecular complexity index is 626. The average Bonchev–Trinajstić information content (AvgIpc) is 3.03. The second-order valence-electron chi connectivity index (χ2n) is 4.56. The van der Waals surface area contributed by atoms with E-state index in [1.54, 1.807) is 31.7 Å². The molecule has 0 saturated heterocycles. The van der Waals surface area contributed by atoms with Crippen LogP contribution in [-0.4, -0.2) is 30.1 Å². The van der Waals surface area contributed by atoms with Gasteiger partial charge in [0.2, 0.25) is 5.88 Å². The third kappa shape index (κ3) is 4.70. The minimum absolute atomic E-state index is 0.608. The lowest BCUT2D eigenvalue weighted by molar-refractivity contribution is 0.397. The third-order valence-corrected chi connectivity index (χ3v) is 4.19. The molecule has 0 saturated carbocycles. The third-order valence-electron chi connectivity index (χ3n) is 3.05. The van der Waals surface area contributed by atoms with Crippen molar-refractivity contribution in [3.05, 3.63) is 40.0 Å². The van der Waals surface area contributed by atoms with Crippen LogP contribution in [0.1, 0.15) is 22.4 Å². The topological polar surface area (TPSA) is 71.4 Å². The molecule has 2 aromatic heterocycles. The van der Waals surface area contributed by atoms with Crippen LogP contribution in [0.15, 0.2) is 29.5 Å². The Balaban J connectivity index is 1.84. The van der Waals surface area contributed by atoms with Crippen molar-refractivity contribution in [3.63, 3.8) is 0 Å². The van der Waals surface area contributed by atoms with Crippen LogP contribution in [0, 0.1) is 0 Å². The Morgan fingerprint density at radius 1 is 1.32 bits per heavy atom. The number of thiazole rings is 1. The zero-order chi connectivity index (χ0) is 15.8. The summed E-state index contributed by atoms with van der Waals surface area (Å²) in [6.07, 6.45) is 4.68. The quantitative estimate of drug-likeness (QED) is 0.629. The normalized spacial score (nSPS) is 11.3. The molecule has 0 atom stereocenters. The number of aryl methyl sites for hydroxylation is 1. The summed E-state index contributed by atoms with van der Waals surface area (Å²) >= 11 is 1.72. The monoisotopic (exact) mass is 319 g/mol. The van der Waals surface area contributed by atoms with Gasteiger partial charge in [0.15, 0.2) is 5.96 Å². The predicted octanol–water partition coefficient (Wildman–Crippen LogP) is 1.97. The summed E-state index contributed by atoms with van der Waals surface area (Å²) in [5.41, 5.74) is 1.08. The van der Waals surface area contributed by atoms with E-state index in [0.29, 0.717) is 19.0 Å². The maximum atomic E-state index is 5.11. The molecule has 0 bridgehead atoms. The summed E-state index contributed by atoms with van der Waals surface area (Å²) < 4.78 is 5.11. The fraction of sp³-hybridized carbons (Fsp3) is 0.400. The molecular formula is C15H21N5OS. The van der Waals surface area contributed by atoms with Crippen molar-refractivity contribution in [2.24, 2.45) is 4.99 Å². The number of aromatic nitrogens is 2. The van der Waals surface area contributed by atoms with Crippen LogP contribution in [0.25, 0.3) is 0 Å². The second-order valence-corrected chi connectivity index (χ2v) is 5.76. The van der Waals surface area contributed by atoms with Crippen molar-refractivity contribution in [2.45, 2.75) is 26.4 Å². The van der Waals surface area contributed by atoms with E-state index in [9.17, 15) is 0 Å². The second kappa shape index (κ2) is 8.33. The molecule has 0 aliphatic carbocycles. The lowest BCUT2D eigenvalue weighted by atomic mass is 10.2. The van der Waals surface area contributed by atoms with Crippen molar-refractivity contribution in [3.8, 4) is 5.88 Å². The predicted molar refractivity (Wildman–Crippen MR) is 89.3 cm³/mol. The molecular weight excluding hydrogens is 298 g/mol. The van der Waals surface area contributed by atoms with E-state index < -0.39 is 0 Å². The van der Waals surface area contributed by atoms with E-state index >= 15 is 0 Å². The smallest absolute Gasteiger partial charge is 0.213 e. The molecule has 2 heterocycles. The molecule has 0 unspecified atom stereocenters. The molecule has 2 rings (SSSR count). The van der Waals surface area contributed by atoms with E-state index in [1.165, 1.54) is 4.88 Å². The van der Waals surface area contributed by atoms with Crippen LogP contribution in [0.4, 0.5) is 0 Å². The number of pyridine rings is 1. The molecule has 0 aliphatic rings. The molecule has 0 aliphatic heterocycles. The van der Waals surface area contributed by atoms with E-state index in [4.69, 9.17) is 4.74 Å². The Hall–Kier alpha value is -2.15. The van der Waals surface area contributed by atoms with Crippen molar-refractivity contribution < 1.29 is 4.74 Å². The summed E-state index contributed by atoms with van der Waals surface area (Å²) in [4.78, 5) is 14.0. The van der Waals surface area contributed by atoms with Crippen molar-refractivity contribution >= 4 is 17.3 Å². The molecule has 0 fully saturated rings. The Morgan fingerprint density at radius 3 is 2.82 bits per heavy atom. The first kappa shape index (κ1) is 16.2. The molecule has 22 heavy (non-hydrogen) atoms. The fourth-order valence-electron chi connectivity index (χ4n) is 1.83. The van der Waals surface area contributed by atoms with Gasteiger partial charge in [-0.15, -0.1) is 11.3 Å². The summed E-state index contributed by atoms with van der Waals surface area (Å²) in [7, 11) is 3.36. The van der Waals surface area contributed by atoms with Gasteiger partial charge < -0.3 is 15.4 Å². The molecule has 2 aromatic rings. The number of aliphatic imine (C=N–C) groups is 1. The zero-order valence-electron chi connectivity index (χ0n) is 13.1. The lowest BCUT2D eigenvalue weighted by Gasteiger charge is -2.11. The first-order valence-corrected chi connectivity index (χ1v) is 7.93. The number of rotatable bonds is 6. The van der Waals surface area contributed by atoms with E-state index in [0.717, 1.165) is 23.0 Å². The minimum atomic E-state index is 0.608. The van der Waals surface area contributed by atoms with Gasteiger partial charge in [-0.2, -0.15) is 0 Å². The molecule has 0 amide bonds. The first-order valence-electron chi connectivity index (χ1n) is 7.12. The SMILES string of the molecule is CCc1cnc(CNC(=NC)NCc2ccnc(OC)c2)s1. The van der Waals surface area contributed by atoms with Crippen molar-refractivity contribution in [1.29, 1.82) is 0 Å². The van der Waals surface area contributed by atoms with Crippen LogP contribution in [-0.2, 0) is 19.5 Å². The molecule has 118 valence electrons. The fourth-order valence-corrected chi connectivity index (χ4v) is 2.63. The number of ether oxygens (including phenoxy) is 1. The number of hydrogen-bond acceptors (Lipinski definition) is 5. The first-order chi connectivity index (χ1) is 10.7. The number of methoxy groups -OCH3 is 1. The molecule has 0 spiro atoms. The number of guanidine groups is 1. The van der Waals surface area contributed by atoms with Crippen molar-refractivity contribution in [1.82, 2.24) is 20.6 Å². The summed E-state index contributed by atoms with van der Waals surface area (Å²) in [5, 5.41) is 7.58.